The zero-order valence-electron chi connectivity index (χ0n) is 16.1. The van der Waals surface area contributed by atoms with Crippen molar-refractivity contribution >= 4 is 33.2 Å². The summed E-state index contributed by atoms with van der Waals surface area (Å²) in [5.41, 5.74) is 2.60. The van der Waals surface area contributed by atoms with Crippen molar-refractivity contribution in [2.24, 2.45) is 0 Å². The van der Waals surface area contributed by atoms with Crippen molar-refractivity contribution in [1.82, 2.24) is 5.32 Å². The standard InChI is InChI=1S/C21H25ClN2O3S/c1-14-7-6-10-19(15(14)2)24-28(26,27)20-13-16(11-12-18(20)22)21(25)23-17-8-4-3-5-9-17/h6-7,10-13,17,24H,3-5,8-9H2,1-2H3,(H,23,25). The van der Waals surface area contributed by atoms with E-state index in [4.69, 9.17) is 11.6 Å². The van der Waals surface area contributed by atoms with E-state index in [1.54, 1.807) is 18.2 Å². The van der Waals surface area contributed by atoms with Crippen LogP contribution in [-0.2, 0) is 10.0 Å². The van der Waals surface area contributed by atoms with E-state index in [2.05, 4.69) is 10.0 Å². The van der Waals surface area contributed by atoms with Crippen LogP contribution < -0.4 is 10.0 Å². The maximum Gasteiger partial charge on any atom is 0.263 e. The van der Waals surface area contributed by atoms with Gasteiger partial charge in [-0.15, -0.1) is 0 Å². The number of halogens is 1. The molecule has 0 bridgehead atoms. The first-order chi connectivity index (χ1) is 13.3. The topological polar surface area (TPSA) is 75.3 Å². The van der Waals surface area contributed by atoms with Crippen LogP contribution in [0.1, 0.15) is 53.6 Å². The van der Waals surface area contributed by atoms with Crippen molar-refractivity contribution in [1.29, 1.82) is 0 Å². The van der Waals surface area contributed by atoms with Gasteiger partial charge in [0, 0.05) is 11.6 Å². The molecule has 2 aromatic carbocycles. The summed E-state index contributed by atoms with van der Waals surface area (Å²) in [7, 11) is -3.93. The first-order valence-corrected chi connectivity index (χ1v) is 11.3. The third kappa shape index (κ3) is 4.67. The first kappa shape index (κ1) is 20.7. The predicted molar refractivity (Wildman–Crippen MR) is 113 cm³/mol. The maximum absolute atomic E-state index is 12.9. The Balaban J connectivity index is 1.85. The summed E-state index contributed by atoms with van der Waals surface area (Å²) in [5.74, 6) is -0.272. The second-order valence-electron chi connectivity index (χ2n) is 7.31. The maximum atomic E-state index is 12.9. The van der Waals surface area contributed by atoms with Crippen molar-refractivity contribution in [3.05, 3.63) is 58.1 Å². The minimum atomic E-state index is -3.93. The number of nitrogens with one attached hydrogen (secondary N) is 2. The van der Waals surface area contributed by atoms with Gasteiger partial charge in [0.25, 0.3) is 15.9 Å². The van der Waals surface area contributed by atoms with Crippen LogP contribution in [0.15, 0.2) is 41.3 Å². The summed E-state index contributed by atoms with van der Waals surface area (Å²) in [5, 5.41) is 3.08. The Kier molecular flexibility index (Phi) is 6.30. The largest absolute Gasteiger partial charge is 0.349 e. The number of anilines is 1. The van der Waals surface area contributed by atoms with E-state index in [9.17, 15) is 13.2 Å². The van der Waals surface area contributed by atoms with Crippen molar-refractivity contribution < 1.29 is 13.2 Å². The number of rotatable bonds is 5. The van der Waals surface area contributed by atoms with Gasteiger partial charge in [-0.3, -0.25) is 9.52 Å². The van der Waals surface area contributed by atoms with Gasteiger partial charge in [0.05, 0.1) is 10.7 Å². The molecule has 3 rings (SSSR count). The molecule has 1 fully saturated rings. The molecule has 5 nitrogen and oxygen atoms in total. The third-order valence-electron chi connectivity index (χ3n) is 5.27. The Labute approximate surface area is 171 Å². The molecule has 7 heteroatoms. The quantitative estimate of drug-likeness (QED) is 0.728. The average Bonchev–Trinajstić information content (AvgIpc) is 2.66. The lowest BCUT2D eigenvalue weighted by Crippen LogP contribution is -2.36. The minimum Gasteiger partial charge on any atom is -0.349 e. The summed E-state index contributed by atoms with van der Waals surface area (Å²) < 4.78 is 28.4. The molecule has 1 aliphatic carbocycles. The van der Waals surface area contributed by atoms with E-state index in [0.29, 0.717) is 5.69 Å². The molecule has 0 aliphatic heterocycles. The lowest BCUT2D eigenvalue weighted by molar-refractivity contribution is 0.0927. The average molecular weight is 421 g/mol. The first-order valence-electron chi connectivity index (χ1n) is 9.47. The van der Waals surface area contributed by atoms with E-state index < -0.39 is 10.0 Å². The van der Waals surface area contributed by atoms with E-state index in [-0.39, 0.29) is 27.4 Å². The molecule has 2 aromatic rings. The summed E-state index contributed by atoms with van der Waals surface area (Å²) in [6.07, 6.45) is 5.31. The van der Waals surface area contributed by atoms with Crippen LogP contribution in [0.5, 0.6) is 0 Å². The minimum absolute atomic E-state index is 0.0759. The number of hydrogen-bond donors (Lipinski definition) is 2. The SMILES string of the molecule is Cc1cccc(NS(=O)(=O)c2cc(C(=O)NC3CCCCC3)ccc2Cl)c1C. The summed E-state index contributed by atoms with van der Waals surface area (Å²) in [6.45, 7) is 3.76. The Morgan fingerprint density at radius 2 is 1.79 bits per heavy atom. The number of carbonyl (C=O) groups is 1. The molecule has 0 aromatic heterocycles. The molecule has 0 unspecified atom stereocenters. The highest BCUT2D eigenvalue weighted by molar-refractivity contribution is 7.92. The van der Waals surface area contributed by atoms with Gasteiger partial charge in [-0.05, 0) is 62.1 Å². The van der Waals surface area contributed by atoms with E-state index in [1.165, 1.54) is 18.6 Å². The van der Waals surface area contributed by atoms with Crippen LogP contribution >= 0.6 is 11.6 Å². The fourth-order valence-corrected chi connectivity index (χ4v) is 5.08. The summed E-state index contributed by atoms with van der Waals surface area (Å²) in [6, 6.07) is 9.89. The van der Waals surface area contributed by atoms with Gasteiger partial charge >= 0.3 is 0 Å². The molecular formula is C21H25ClN2O3S. The van der Waals surface area contributed by atoms with Gasteiger partial charge in [0.15, 0.2) is 0 Å². The van der Waals surface area contributed by atoms with Gasteiger partial charge < -0.3 is 5.32 Å². The zero-order chi connectivity index (χ0) is 20.3. The van der Waals surface area contributed by atoms with Crippen LogP contribution in [0, 0.1) is 13.8 Å². The number of amides is 1. The van der Waals surface area contributed by atoms with E-state index in [0.717, 1.165) is 36.8 Å². The number of sulfonamides is 1. The molecule has 0 spiro atoms. The summed E-state index contributed by atoms with van der Waals surface area (Å²) >= 11 is 6.16. The van der Waals surface area contributed by atoms with Gasteiger partial charge in [0.1, 0.15) is 4.90 Å². The van der Waals surface area contributed by atoms with Gasteiger partial charge in [0.2, 0.25) is 0 Å². The monoisotopic (exact) mass is 420 g/mol. The van der Waals surface area contributed by atoms with Gasteiger partial charge in [-0.1, -0.05) is 43.0 Å². The predicted octanol–water partition coefficient (Wildman–Crippen LogP) is 4.82. The Hall–Kier alpha value is -2.05. The molecule has 1 aliphatic rings. The van der Waals surface area contributed by atoms with Crippen LogP contribution in [0.25, 0.3) is 0 Å². The lowest BCUT2D eigenvalue weighted by Gasteiger charge is -2.23. The molecule has 0 saturated heterocycles. The summed E-state index contributed by atoms with van der Waals surface area (Å²) in [4.78, 5) is 12.5. The lowest BCUT2D eigenvalue weighted by atomic mass is 9.95. The van der Waals surface area contributed by atoms with Crippen molar-refractivity contribution in [3.63, 3.8) is 0 Å². The molecule has 1 amide bonds. The highest BCUT2D eigenvalue weighted by Gasteiger charge is 2.22. The van der Waals surface area contributed by atoms with Crippen LogP contribution in [0.3, 0.4) is 0 Å². The molecular weight excluding hydrogens is 396 g/mol. The number of benzene rings is 2. The molecule has 0 atom stereocenters. The molecule has 1 saturated carbocycles. The Bertz CT molecular complexity index is 983. The number of hydrogen-bond acceptors (Lipinski definition) is 3. The zero-order valence-corrected chi connectivity index (χ0v) is 17.7. The number of carbonyl (C=O) groups excluding carboxylic acids is 1. The van der Waals surface area contributed by atoms with Crippen LogP contribution in [0.4, 0.5) is 5.69 Å². The molecule has 2 N–H and O–H groups in total. The highest BCUT2D eigenvalue weighted by Crippen LogP contribution is 2.27. The number of aryl methyl sites for hydroxylation is 1. The fraction of sp³-hybridized carbons (Fsp3) is 0.381. The Morgan fingerprint density at radius 3 is 2.50 bits per heavy atom. The molecule has 28 heavy (non-hydrogen) atoms. The van der Waals surface area contributed by atoms with Crippen molar-refractivity contribution in [3.8, 4) is 0 Å². The second kappa shape index (κ2) is 8.53. The second-order valence-corrected chi connectivity index (χ2v) is 9.36. The van der Waals surface area contributed by atoms with Gasteiger partial charge in [-0.25, -0.2) is 8.42 Å². The van der Waals surface area contributed by atoms with Crippen LogP contribution in [0.2, 0.25) is 5.02 Å². The van der Waals surface area contributed by atoms with Crippen molar-refractivity contribution in [2.45, 2.75) is 56.9 Å². The third-order valence-corrected chi connectivity index (χ3v) is 7.12. The van der Waals surface area contributed by atoms with E-state index in [1.807, 2.05) is 19.9 Å². The fourth-order valence-electron chi connectivity index (χ4n) is 3.43. The molecule has 150 valence electrons. The van der Waals surface area contributed by atoms with Crippen LogP contribution in [-0.4, -0.2) is 20.4 Å². The normalized spacial score (nSPS) is 15.2. The van der Waals surface area contributed by atoms with Gasteiger partial charge in [-0.2, -0.15) is 0 Å². The van der Waals surface area contributed by atoms with Crippen molar-refractivity contribution in [2.75, 3.05) is 4.72 Å². The smallest absolute Gasteiger partial charge is 0.263 e. The van der Waals surface area contributed by atoms with E-state index >= 15 is 0 Å². The highest BCUT2D eigenvalue weighted by atomic mass is 35.5. The Morgan fingerprint density at radius 1 is 1.07 bits per heavy atom. The molecule has 0 radical (unpaired) electrons. The molecule has 0 heterocycles.